The molecule has 1 aromatic rings. The maximum Gasteiger partial charge on any atom is 0.322 e. The van der Waals surface area contributed by atoms with Gasteiger partial charge in [-0.1, -0.05) is 33.8 Å². The van der Waals surface area contributed by atoms with Gasteiger partial charge in [0, 0.05) is 31.9 Å². The smallest absolute Gasteiger partial charge is 0.322 e. The number of hydrogen-bond donors (Lipinski definition) is 2. The zero-order valence-electron chi connectivity index (χ0n) is 17.2. The van der Waals surface area contributed by atoms with Crippen LogP contribution in [0, 0.1) is 17.8 Å². The Morgan fingerprint density at radius 2 is 1.89 bits per heavy atom. The van der Waals surface area contributed by atoms with Gasteiger partial charge in [0.25, 0.3) is 0 Å². The molecule has 2 aliphatic heterocycles. The molecule has 4 amide bonds. The molecule has 0 unspecified atom stereocenters. The van der Waals surface area contributed by atoms with Crippen LogP contribution >= 0.6 is 0 Å². The minimum Gasteiger partial charge on any atom is -0.336 e. The standard InChI is InChI=1S/C21H32N4O2/c1-15-6-7-16(12-17(15)25-11-9-22-18(25)26)23-19(27)24-10-8-20(2,3)13-21(4,5)14-24/h6-7,12H,8-11,13-14H2,1-5H3,(H,22,26)(H,23,27). The minimum atomic E-state index is -0.0851. The van der Waals surface area contributed by atoms with Gasteiger partial charge in [-0.2, -0.15) is 0 Å². The highest BCUT2D eigenvalue weighted by molar-refractivity contribution is 5.96. The highest BCUT2D eigenvalue weighted by atomic mass is 16.2. The number of aryl methyl sites for hydroxylation is 1. The second-order valence-corrected chi connectivity index (χ2v) is 9.49. The molecule has 0 aliphatic carbocycles. The van der Waals surface area contributed by atoms with Crippen molar-refractivity contribution in [2.45, 2.75) is 47.5 Å². The Balaban J connectivity index is 1.75. The highest BCUT2D eigenvalue weighted by Crippen LogP contribution is 2.39. The molecule has 0 aromatic heterocycles. The van der Waals surface area contributed by atoms with Crippen molar-refractivity contribution in [3.05, 3.63) is 23.8 Å². The van der Waals surface area contributed by atoms with Crippen molar-refractivity contribution in [2.24, 2.45) is 10.8 Å². The van der Waals surface area contributed by atoms with Crippen molar-refractivity contribution < 1.29 is 9.59 Å². The number of carbonyl (C=O) groups is 2. The number of carbonyl (C=O) groups excluding carboxylic acids is 2. The first kappa shape index (κ1) is 19.5. The number of anilines is 2. The first-order valence-electron chi connectivity index (χ1n) is 9.78. The number of hydrogen-bond acceptors (Lipinski definition) is 2. The first-order valence-corrected chi connectivity index (χ1v) is 9.78. The van der Waals surface area contributed by atoms with Gasteiger partial charge in [0.15, 0.2) is 0 Å². The van der Waals surface area contributed by atoms with Gasteiger partial charge in [0.2, 0.25) is 0 Å². The van der Waals surface area contributed by atoms with Gasteiger partial charge in [0.05, 0.1) is 5.69 Å². The molecule has 2 fully saturated rings. The van der Waals surface area contributed by atoms with Crippen molar-refractivity contribution >= 4 is 23.4 Å². The molecule has 2 aliphatic rings. The first-order chi connectivity index (χ1) is 12.6. The Morgan fingerprint density at radius 1 is 1.15 bits per heavy atom. The van der Waals surface area contributed by atoms with Crippen molar-refractivity contribution in [3.8, 4) is 0 Å². The Morgan fingerprint density at radius 3 is 2.56 bits per heavy atom. The van der Waals surface area contributed by atoms with Crippen LogP contribution < -0.4 is 15.5 Å². The van der Waals surface area contributed by atoms with Crippen LogP contribution in [0.15, 0.2) is 18.2 Å². The topological polar surface area (TPSA) is 64.7 Å². The molecule has 0 atom stereocenters. The molecule has 2 N–H and O–H groups in total. The molecule has 148 valence electrons. The molecule has 6 heteroatoms. The molecule has 0 radical (unpaired) electrons. The maximum atomic E-state index is 12.9. The Hall–Kier alpha value is -2.24. The maximum absolute atomic E-state index is 12.9. The van der Waals surface area contributed by atoms with E-state index in [-0.39, 0.29) is 22.9 Å². The summed E-state index contributed by atoms with van der Waals surface area (Å²) in [7, 11) is 0. The van der Waals surface area contributed by atoms with Crippen LogP contribution in [0.1, 0.15) is 46.1 Å². The third-order valence-corrected chi connectivity index (χ3v) is 5.53. The van der Waals surface area contributed by atoms with Crippen LogP contribution in [0.4, 0.5) is 21.0 Å². The molecule has 2 saturated heterocycles. The summed E-state index contributed by atoms with van der Waals surface area (Å²) in [5.74, 6) is 0. The SMILES string of the molecule is Cc1ccc(NC(=O)N2CCC(C)(C)CC(C)(C)C2)cc1N1CCNC1=O. The lowest BCUT2D eigenvalue weighted by Crippen LogP contribution is -2.40. The molecule has 6 nitrogen and oxygen atoms in total. The second-order valence-electron chi connectivity index (χ2n) is 9.49. The van der Waals surface area contributed by atoms with E-state index in [1.54, 1.807) is 4.90 Å². The highest BCUT2D eigenvalue weighted by Gasteiger charge is 2.36. The summed E-state index contributed by atoms with van der Waals surface area (Å²) in [5.41, 5.74) is 2.91. The zero-order valence-corrected chi connectivity index (χ0v) is 17.2. The fraction of sp³-hybridized carbons (Fsp3) is 0.619. The van der Waals surface area contributed by atoms with Gasteiger partial charge in [-0.05, 0) is 48.3 Å². The summed E-state index contributed by atoms with van der Waals surface area (Å²) >= 11 is 0. The van der Waals surface area contributed by atoms with Gasteiger partial charge in [-0.25, -0.2) is 9.59 Å². The number of amides is 4. The van der Waals surface area contributed by atoms with Crippen molar-refractivity contribution in [1.82, 2.24) is 10.2 Å². The zero-order chi connectivity index (χ0) is 19.8. The van der Waals surface area contributed by atoms with Crippen molar-refractivity contribution in [2.75, 3.05) is 36.4 Å². The van der Waals surface area contributed by atoms with E-state index in [2.05, 4.69) is 38.3 Å². The monoisotopic (exact) mass is 372 g/mol. The third-order valence-electron chi connectivity index (χ3n) is 5.53. The number of nitrogens with one attached hydrogen (secondary N) is 2. The average Bonchev–Trinajstić information content (AvgIpc) is 2.93. The van der Waals surface area contributed by atoms with Gasteiger partial charge < -0.3 is 15.5 Å². The van der Waals surface area contributed by atoms with E-state index < -0.39 is 0 Å². The predicted octanol–water partition coefficient (Wildman–Crippen LogP) is 4.20. The van der Waals surface area contributed by atoms with E-state index in [1.807, 2.05) is 30.0 Å². The molecule has 0 bridgehead atoms. The van der Waals surface area contributed by atoms with Crippen LogP contribution in [0.3, 0.4) is 0 Å². The number of rotatable bonds is 2. The quantitative estimate of drug-likeness (QED) is 0.817. The van der Waals surface area contributed by atoms with Crippen LogP contribution in [0.25, 0.3) is 0 Å². The summed E-state index contributed by atoms with van der Waals surface area (Å²) in [6.45, 7) is 13.8. The molecule has 0 saturated carbocycles. The molecular weight excluding hydrogens is 340 g/mol. The second kappa shape index (κ2) is 7.06. The lowest BCUT2D eigenvalue weighted by atomic mass is 9.75. The van der Waals surface area contributed by atoms with E-state index >= 15 is 0 Å². The summed E-state index contributed by atoms with van der Waals surface area (Å²) < 4.78 is 0. The number of likely N-dealkylation sites (tertiary alicyclic amines) is 1. The largest absolute Gasteiger partial charge is 0.336 e. The fourth-order valence-corrected chi connectivity index (χ4v) is 4.53. The number of urea groups is 2. The van der Waals surface area contributed by atoms with E-state index in [1.165, 1.54) is 0 Å². The lowest BCUT2D eigenvalue weighted by Gasteiger charge is -2.32. The van der Waals surface area contributed by atoms with Gasteiger partial charge >= 0.3 is 12.1 Å². The third kappa shape index (κ3) is 4.54. The number of nitrogens with zero attached hydrogens (tertiary/aromatic N) is 2. The molecule has 1 aromatic carbocycles. The van der Waals surface area contributed by atoms with Gasteiger partial charge in [-0.15, -0.1) is 0 Å². The summed E-state index contributed by atoms with van der Waals surface area (Å²) in [6.07, 6.45) is 2.10. The van der Waals surface area contributed by atoms with Gasteiger partial charge in [0.1, 0.15) is 0 Å². The summed E-state index contributed by atoms with van der Waals surface area (Å²) in [5, 5.41) is 5.86. The summed E-state index contributed by atoms with van der Waals surface area (Å²) in [4.78, 5) is 28.6. The average molecular weight is 373 g/mol. The van der Waals surface area contributed by atoms with Crippen LogP contribution in [0.5, 0.6) is 0 Å². The van der Waals surface area contributed by atoms with Crippen LogP contribution in [-0.2, 0) is 0 Å². The van der Waals surface area contributed by atoms with Crippen molar-refractivity contribution in [1.29, 1.82) is 0 Å². The molecule has 3 rings (SSSR count). The lowest BCUT2D eigenvalue weighted by molar-refractivity contribution is 0.178. The van der Waals surface area contributed by atoms with E-state index in [4.69, 9.17) is 0 Å². The number of benzene rings is 1. The summed E-state index contributed by atoms with van der Waals surface area (Å²) in [6, 6.07) is 5.59. The Kier molecular flexibility index (Phi) is 5.10. The van der Waals surface area contributed by atoms with Crippen LogP contribution in [0.2, 0.25) is 0 Å². The van der Waals surface area contributed by atoms with Crippen LogP contribution in [-0.4, -0.2) is 43.1 Å². The van der Waals surface area contributed by atoms with Gasteiger partial charge in [-0.3, -0.25) is 4.90 Å². The molecular formula is C21H32N4O2. The van der Waals surface area contributed by atoms with E-state index in [9.17, 15) is 9.59 Å². The normalized spacial score (nSPS) is 21.6. The Labute approximate surface area is 162 Å². The minimum absolute atomic E-state index is 0.0681. The van der Waals surface area contributed by atoms with E-state index in [0.717, 1.165) is 42.9 Å². The molecule has 2 heterocycles. The van der Waals surface area contributed by atoms with Crippen molar-refractivity contribution in [3.63, 3.8) is 0 Å². The molecule has 27 heavy (non-hydrogen) atoms. The Bertz CT molecular complexity index is 742. The predicted molar refractivity (Wildman–Crippen MR) is 109 cm³/mol. The molecule has 0 spiro atoms. The fourth-order valence-electron chi connectivity index (χ4n) is 4.53. The van der Waals surface area contributed by atoms with E-state index in [0.29, 0.717) is 13.1 Å².